The van der Waals surface area contributed by atoms with Crippen LogP contribution in [-0.2, 0) is 14.8 Å². The quantitative estimate of drug-likeness (QED) is 0.850. The first-order valence-corrected chi connectivity index (χ1v) is 7.98. The fourth-order valence-electron chi connectivity index (χ4n) is 2.34. The normalized spacial score (nSPS) is 25.4. The molecule has 1 aromatic carbocycles. The van der Waals surface area contributed by atoms with Crippen LogP contribution in [0.2, 0.25) is 0 Å². The van der Waals surface area contributed by atoms with Crippen LogP contribution in [0.4, 0.5) is 10.5 Å². The number of alkyl carbamates (subject to hydrolysis) is 1. The molecule has 3 rings (SSSR count). The first-order valence-electron chi connectivity index (χ1n) is 6.13. The molecule has 2 atom stereocenters. The lowest BCUT2D eigenvalue weighted by molar-refractivity contribution is 0.0493. The van der Waals surface area contributed by atoms with Gasteiger partial charge in [-0.15, -0.1) is 0 Å². The van der Waals surface area contributed by atoms with E-state index in [1.807, 2.05) is 0 Å². The van der Waals surface area contributed by atoms with Crippen LogP contribution in [0, 0.1) is 0 Å². The smallest absolute Gasteiger partial charge is 0.407 e. The molecule has 2 heterocycles. The van der Waals surface area contributed by atoms with E-state index in [1.165, 1.54) is 4.31 Å². The number of ether oxygens (including phenoxy) is 2. The number of hydrogen-bond donors (Lipinski definition) is 1. The van der Waals surface area contributed by atoms with Gasteiger partial charge in [0.05, 0.1) is 25.0 Å². The Morgan fingerprint density at radius 1 is 1.25 bits per heavy atom. The van der Waals surface area contributed by atoms with E-state index in [2.05, 4.69) is 5.32 Å². The summed E-state index contributed by atoms with van der Waals surface area (Å²) in [6.07, 6.45) is -0.396. The number of hydrogen-bond acceptors (Lipinski definition) is 5. The molecule has 0 radical (unpaired) electrons. The molecule has 8 heteroatoms. The van der Waals surface area contributed by atoms with Crippen molar-refractivity contribution in [3.05, 3.63) is 24.3 Å². The van der Waals surface area contributed by atoms with Crippen molar-refractivity contribution in [1.29, 1.82) is 0 Å². The molecule has 1 saturated heterocycles. The Balaban J connectivity index is 1.94. The molecular formula is C12H14N2O5S. The zero-order valence-corrected chi connectivity index (χ0v) is 11.6. The van der Waals surface area contributed by atoms with Crippen molar-refractivity contribution < 1.29 is 22.7 Å². The highest BCUT2D eigenvalue weighted by Crippen LogP contribution is 2.35. The minimum absolute atomic E-state index is 0.121. The summed E-state index contributed by atoms with van der Waals surface area (Å²) in [6.45, 7) is 0.429. The highest BCUT2D eigenvalue weighted by molar-refractivity contribution is 7.92. The van der Waals surface area contributed by atoms with E-state index in [4.69, 9.17) is 9.47 Å². The number of benzene rings is 1. The largest absolute Gasteiger partial charge is 0.482 e. The first kappa shape index (κ1) is 13.0. The molecule has 2 aliphatic heterocycles. The van der Waals surface area contributed by atoms with Crippen LogP contribution in [0.15, 0.2) is 24.3 Å². The Kier molecular flexibility index (Phi) is 2.97. The van der Waals surface area contributed by atoms with Crippen LogP contribution in [0.3, 0.4) is 0 Å². The molecule has 0 aliphatic carbocycles. The average Bonchev–Trinajstić information content (AvgIpc) is 2.83. The van der Waals surface area contributed by atoms with Gasteiger partial charge in [-0.3, -0.25) is 4.31 Å². The molecule has 1 amide bonds. The van der Waals surface area contributed by atoms with Crippen molar-refractivity contribution in [3.63, 3.8) is 0 Å². The van der Waals surface area contributed by atoms with Crippen LogP contribution in [-0.4, -0.2) is 46.1 Å². The minimum Gasteiger partial charge on any atom is -0.482 e. The fraction of sp³-hybridized carbons (Fsp3) is 0.417. The third kappa shape index (κ3) is 2.26. The number of nitrogens with one attached hydrogen (secondary N) is 1. The van der Waals surface area contributed by atoms with Gasteiger partial charge in [-0.05, 0) is 12.1 Å². The maximum absolute atomic E-state index is 11.9. The number of amides is 1. The van der Waals surface area contributed by atoms with Gasteiger partial charge in [-0.25, -0.2) is 13.2 Å². The molecule has 0 spiro atoms. The Hall–Kier alpha value is -1.96. The Morgan fingerprint density at radius 2 is 2.00 bits per heavy atom. The minimum atomic E-state index is -3.42. The van der Waals surface area contributed by atoms with Crippen molar-refractivity contribution >= 4 is 21.8 Å². The van der Waals surface area contributed by atoms with Crippen molar-refractivity contribution in [2.45, 2.75) is 12.2 Å². The van der Waals surface area contributed by atoms with E-state index in [0.717, 1.165) is 6.26 Å². The van der Waals surface area contributed by atoms with Gasteiger partial charge in [0.25, 0.3) is 0 Å². The van der Waals surface area contributed by atoms with Gasteiger partial charge in [-0.2, -0.15) is 0 Å². The molecule has 1 fully saturated rings. The maximum atomic E-state index is 11.9. The summed E-state index contributed by atoms with van der Waals surface area (Å²) in [6, 6.07) is 6.90. The van der Waals surface area contributed by atoms with E-state index >= 15 is 0 Å². The summed E-state index contributed by atoms with van der Waals surface area (Å²) < 4.78 is 36.0. The maximum Gasteiger partial charge on any atom is 0.407 e. The SMILES string of the molecule is CS(=O)(=O)N1C[C@H](C2CNC(=O)O2)Oc2ccccc21. The molecule has 20 heavy (non-hydrogen) atoms. The number of rotatable bonds is 2. The Labute approximate surface area is 116 Å². The van der Waals surface area contributed by atoms with Gasteiger partial charge < -0.3 is 14.8 Å². The number of fused-ring (bicyclic) bond motifs is 1. The topological polar surface area (TPSA) is 84.9 Å². The van der Waals surface area contributed by atoms with Crippen molar-refractivity contribution in [2.24, 2.45) is 0 Å². The van der Waals surface area contributed by atoms with Crippen molar-refractivity contribution in [3.8, 4) is 5.75 Å². The van der Waals surface area contributed by atoms with Crippen LogP contribution < -0.4 is 14.4 Å². The lowest BCUT2D eigenvalue weighted by atomic mass is 10.1. The highest BCUT2D eigenvalue weighted by atomic mass is 32.2. The van der Waals surface area contributed by atoms with Gasteiger partial charge in [0.15, 0.2) is 12.2 Å². The predicted molar refractivity (Wildman–Crippen MR) is 71.3 cm³/mol. The summed E-state index contributed by atoms with van der Waals surface area (Å²) in [5.41, 5.74) is 0.503. The molecule has 1 N–H and O–H groups in total. The molecule has 0 bridgehead atoms. The zero-order valence-electron chi connectivity index (χ0n) is 10.8. The second kappa shape index (κ2) is 4.55. The first-order chi connectivity index (χ1) is 9.45. The number of sulfonamides is 1. The van der Waals surface area contributed by atoms with E-state index in [-0.39, 0.29) is 6.54 Å². The number of carbonyl (C=O) groups is 1. The number of anilines is 1. The van der Waals surface area contributed by atoms with Gasteiger partial charge >= 0.3 is 6.09 Å². The number of para-hydroxylation sites is 2. The lowest BCUT2D eigenvalue weighted by Gasteiger charge is -2.36. The average molecular weight is 298 g/mol. The number of nitrogens with zero attached hydrogens (tertiary/aromatic N) is 1. The van der Waals surface area contributed by atoms with Gasteiger partial charge in [0, 0.05) is 0 Å². The van der Waals surface area contributed by atoms with Crippen LogP contribution in [0.5, 0.6) is 5.75 Å². The molecular weight excluding hydrogens is 284 g/mol. The standard InChI is InChI=1S/C12H14N2O5S/c1-20(16,17)14-7-11(10-6-13-12(15)19-10)18-9-5-3-2-4-8(9)14/h2-5,10-11H,6-7H2,1H3,(H,13,15)/t10?,11-/m1/s1. The molecule has 0 aromatic heterocycles. The fourth-order valence-corrected chi connectivity index (χ4v) is 3.27. The lowest BCUT2D eigenvalue weighted by Crippen LogP contribution is -2.49. The van der Waals surface area contributed by atoms with E-state index in [1.54, 1.807) is 24.3 Å². The van der Waals surface area contributed by atoms with Gasteiger partial charge in [-0.1, -0.05) is 12.1 Å². The van der Waals surface area contributed by atoms with Gasteiger partial charge in [0.2, 0.25) is 10.0 Å². The molecule has 2 aliphatic rings. The summed E-state index contributed by atoms with van der Waals surface area (Å²) in [5, 5.41) is 2.54. The molecule has 7 nitrogen and oxygen atoms in total. The zero-order chi connectivity index (χ0) is 14.3. The molecule has 108 valence electrons. The van der Waals surface area contributed by atoms with Crippen molar-refractivity contribution in [1.82, 2.24) is 5.32 Å². The van der Waals surface area contributed by atoms with Crippen LogP contribution in [0.1, 0.15) is 0 Å². The van der Waals surface area contributed by atoms with Crippen LogP contribution in [0.25, 0.3) is 0 Å². The summed E-state index contributed by atoms with van der Waals surface area (Å²) in [4.78, 5) is 11.1. The second-order valence-electron chi connectivity index (χ2n) is 4.74. The van der Waals surface area contributed by atoms with Gasteiger partial charge in [0.1, 0.15) is 5.75 Å². The van der Waals surface area contributed by atoms with E-state index in [9.17, 15) is 13.2 Å². The van der Waals surface area contributed by atoms with E-state index in [0.29, 0.717) is 18.0 Å². The number of carbonyl (C=O) groups excluding carboxylic acids is 1. The molecule has 1 unspecified atom stereocenters. The Morgan fingerprint density at radius 3 is 2.65 bits per heavy atom. The second-order valence-corrected chi connectivity index (χ2v) is 6.65. The molecule has 1 aromatic rings. The predicted octanol–water partition coefficient (Wildman–Crippen LogP) is 0.322. The molecule has 0 saturated carbocycles. The number of cyclic esters (lactones) is 1. The monoisotopic (exact) mass is 298 g/mol. The van der Waals surface area contributed by atoms with E-state index < -0.39 is 28.3 Å². The van der Waals surface area contributed by atoms with Crippen LogP contribution >= 0.6 is 0 Å². The third-order valence-corrected chi connectivity index (χ3v) is 4.43. The summed E-state index contributed by atoms with van der Waals surface area (Å²) >= 11 is 0. The summed E-state index contributed by atoms with van der Waals surface area (Å²) in [5.74, 6) is 0.470. The van der Waals surface area contributed by atoms with Crippen molar-refractivity contribution in [2.75, 3.05) is 23.7 Å². The summed E-state index contributed by atoms with van der Waals surface area (Å²) in [7, 11) is -3.42. The Bertz CT molecular complexity index is 645. The third-order valence-electron chi connectivity index (χ3n) is 3.28. The highest BCUT2D eigenvalue weighted by Gasteiger charge is 2.39.